The summed E-state index contributed by atoms with van der Waals surface area (Å²) in [6, 6.07) is 6.29. The van der Waals surface area contributed by atoms with Crippen LogP contribution >= 0.6 is 0 Å². The van der Waals surface area contributed by atoms with E-state index in [0.29, 0.717) is 0 Å². The first-order chi connectivity index (χ1) is 11.6. The average Bonchev–Trinajstić information content (AvgIpc) is 2.76. The number of imide groups is 1. The molecule has 10 heteroatoms. The summed E-state index contributed by atoms with van der Waals surface area (Å²) in [6.07, 6.45) is 0. The molecule has 0 spiro atoms. The summed E-state index contributed by atoms with van der Waals surface area (Å²) in [5.41, 5.74) is -0.336. The number of aliphatic carboxylic acids is 1. The van der Waals surface area contributed by atoms with Crippen molar-refractivity contribution in [1.82, 2.24) is 9.91 Å². The Hall–Kier alpha value is -3.17. The fourth-order valence-corrected chi connectivity index (χ4v) is 2.22. The Kier molecular flexibility index (Phi) is 4.91. The Labute approximate surface area is 143 Å². The topological polar surface area (TPSA) is 126 Å². The molecule has 0 atom stereocenters. The molecular weight excluding hydrogens is 332 g/mol. The molecule has 10 nitrogen and oxygen atoms in total. The van der Waals surface area contributed by atoms with E-state index < -0.39 is 36.6 Å². The van der Waals surface area contributed by atoms with Gasteiger partial charge in [0, 0.05) is 0 Å². The molecule has 1 heterocycles. The summed E-state index contributed by atoms with van der Waals surface area (Å²) in [4.78, 5) is 40.7. The highest BCUT2D eigenvalue weighted by Gasteiger charge is 2.36. The third kappa shape index (κ3) is 3.84. The third-order valence-electron chi connectivity index (χ3n) is 3.46. The number of fused-ring (bicyclic) bond motifs is 1. The molecule has 0 aliphatic carbocycles. The van der Waals surface area contributed by atoms with Gasteiger partial charge in [0.2, 0.25) is 12.0 Å². The van der Waals surface area contributed by atoms with Crippen LogP contribution in [0.2, 0.25) is 0 Å². The Morgan fingerprint density at radius 2 is 1.80 bits per heavy atom. The van der Waals surface area contributed by atoms with Gasteiger partial charge in [-0.1, -0.05) is 12.1 Å². The molecule has 0 saturated carbocycles. The van der Waals surface area contributed by atoms with Crippen molar-refractivity contribution in [1.29, 1.82) is 0 Å². The van der Waals surface area contributed by atoms with Crippen LogP contribution in [0.1, 0.15) is 41.5 Å². The average molecular weight is 350 g/mol. The lowest BCUT2D eigenvalue weighted by molar-refractivity contribution is -0.723. The third-order valence-corrected chi connectivity index (χ3v) is 3.46. The molecule has 2 amide bonds. The van der Waals surface area contributed by atoms with Gasteiger partial charge in [0.1, 0.15) is 0 Å². The molecular formula is C15H18N4O6. The van der Waals surface area contributed by atoms with Crippen LogP contribution in [0.3, 0.4) is 0 Å². The zero-order valence-electron chi connectivity index (χ0n) is 14.0. The monoisotopic (exact) mass is 350 g/mol. The first-order valence-corrected chi connectivity index (χ1v) is 7.37. The number of rotatable bonds is 6. The number of carboxylic acids is 1. The Balaban J connectivity index is 2.06. The summed E-state index contributed by atoms with van der Waals surface area (Å²) in [5.74, 6) is -2.32. The fraction of sp³-hybridized carbons (Fsp3) is 0.400. The van der Waals surface area contributed by atoms with Crippen LogP contribution in [0.5, 0.6) is 0 Å². The molecule has 134 valence electrons. The van der Waals surface area contributed by atoms with Crippen molar-refractivity contribution in [2.75, 3.05) is 13.3 Å². The summed E-state index contributed by atoms with van der Waals surface area (Å²) in [5, 5.41) is 25.0. The maximum atomic E-state index is 12.1. The second-order valence-corrected chi connectivity index (χ2v) is 6.30. The summed E-state index contributed by atoms with van der Waals surface area (Å²) in [7, 11) is 0. The maximum absolute atomic E-state index is 12.1. The number of benzene rings is 1. The predicted octanol–water partition coefficient (Wildman–Crippen LogP) is 1.23. The first-order valence-electron chi connectivity index (χ1n) is 7.37. The van der Waals surface area contributed by atoms with Crippen LogP contribution in [0.4, 0.5) is 0 Å². The van der Waals surface area contributed by atoms with E-state index in [4.69, 9.17) is 9.94 Å². The smallest absolute Gasteiger partial charge is 0.329 e. The maximum Gasteiger partial charge on any atom is 0.329 e. The molecule has 0 aromatic heterocycles. The number of nitrogens with zero attached hydrogens (tertiary/aromatic N) is 4. The van der Waals surface area contributed by atoms with Gasteiger partial charge < -0.3 is 15.2 Å². The molecule has 0 saturated heterocycles. The van der Waals surface area contributed by atoms with Crippen molar-refractivity contribution in [3.63, 3.8) is 0 Å². The van der Waals surface area contributed by atoms with Crippen LogP contribution in [-0.2, 0) is 9.63 Å². The molecule has 0 radical (unpaired) electrons. The zero-order valence-corrected chi connectivity index (χ0v) is 14.0. The van der Waals surface area contributed by atoms with E-state index in [1.807, 2.05) is 0 Å². The second kappa shape index (κ2) is 6.75. The van der Waals surface area contributed by atoms with Gasteiger partial charge in [-0.15, -0.1) is 5.01 Å². The van der Waals surface area contributed by atoms with Crippen molar-refractivity contribution < 1.29 is 29.3 Å². The van der Waals surface area contributed by atoms with Crippen molar-refractivity contribution in [2.24, 2.45) is 5.28 Å². The van der Waals surface area contributed by atoms with E-state index in [1.54, 1.807) is 32.9 Å². The van der Waals surface area contributed by atoms with Gasteiger partial charge in [-0.3, -0.25) is 14.4 Å². The van der Waals surface area contributed by atoms with Gasteiger partial charge in [0.15, 0.2) is 6.54 Å². The quantitative estimate of drug-likeness (QED) is 0.354. The highest BCUT2D eigenvalue weighted by Crippen LogP contribution is 2.22. The minimum absolute atomic E-state index is 0.00765. The molecule has 1 N–H and O–H groups in total. The normalized spacial score (nSPS) is 14.5. The van der Waals surface area contributed by atoms with Crippen LogP contribution in [0.25, 0.3) is 0 Å². The number of amides is 2. The fourth-order valence-electron chi connectivity index (χ4n) is 2.22. The summed E-state index contributed by atoms with van der Waals surface area (Å²) >= 11 is 0. The van der Waals surface area contributed by atoms with Gasteiger partial charge in [0.05, 0.1) is 21.6 Å². The molecule has 1 aromatic carbocycles. The minimum atomic E-state index is -1.22. The standard InChI is InChI=1S/C15H18N4O6/c1-15(2,3)18(8-12(20)21)19(24)16-25-9-17-13(22)10-6-4-5-7-11(10)14(17)23/h4-7H,8-9H2,1-3H3,(H,20,21). The van der Waals surface area contributed by atoms with Crippen molar-refractivity contribution in [2.45, 2.75) is 26.3 Å². The second-order valence-electron chi connectivity index (χ2n) is 6.30. The SMILES string of the molecule is CC(C)(C)N(CC(=O)O)[N+]([O-])=NOCN1C(=O)c2ccccc2C1=O. The Morgan fingerprint density at radius 3 is 2.24 bits per heavy atom. The van der Waals surface area contributed by atoms with E-state index in [9.17, 15) is 19.6 Å². The summed E-state index contributed by atoms with van der Waals surface area (Å²) < 4.78 is 0. The van der Waals surface area contributed by atoms with Gasteiger partial charge in [0.25, 0.3) is 11.8 Å². The molecule has 0 unspecified atom stereocenters. The van der Waals surface area contributed by atoms with Crippen LogP contribution in [0.15, 0.2) is 29.5 Å². The number of hydrazine groups is 1. The molecule has 0 fully saturated rings. The Bertz CT molecular complexity index is 705. The number of hydrogen-bond donors (Lipinski definition) is 1. The van der Waals surface area contributed by atoms with Gasteiger partial charge >= 0.3 is 5.97 Å². The molecule has 2 rings (SSSR count). The number of carbonyl (C=O) groups is 3. The van der Waals surface area contributed by atoms with Crippen molar-refractivity contribution in [3.8, 4) is 0 Å². The molecule has 1 aliphatic rings. The predicted molar refractivity (Wildman–Crippen MR) is 83.0 cm³/mol. The van der Waals surface area contributed by atoms with Gasteiger partial charge in [-0.25, -0.2) is 4.90 Å². The van der Waals surface area contributed by atoms with Crippen molar-refractivity contribution >= 4 is 17.8 Å². The lowest BCUT2D eigenvalue weighted by Crippen LogP contribution is -2.48. The van der Waals surface area contributed by atoms with Crippen LogP contribution in [0, 0.1) is 5.21 Å². The number of carboxylic acid groups (broad SMARTS) is 1. The number of carbonyl (C=O) groups excluding carboxylic acids is 2. The highest BCUT2D eigenvalue weighted by molar-refractivity contribution is 6.21. The zero-order chi connectivity index (χ0) is 18.8. The van der Waals surface area contributed by atoms with Crippen molar-refractivity contribution in [3.05, 3.63) is 40.6 Å². The molecule has 0 bridgehead atoms. The minimum Gasteiger partial charge on any atom is -0.569 e. The van der Waals surface area contributed by atoms with Crippen LogP contribution < -0.4 is 0 Å². The molecule has 1 aliphatic heterocycles. The van der Waals surface area contributed by atoms with Crippen LogP contribution in [-0.4, -0.2) is 56.6 Å². The first kappa shape index (κ1) is 18.2. The molecule has 25 heavy (non-hydrogen) atoms. The summed E-state index contributed by atoms with van der Waals surface area (Å²) in [6.45, 7) is 3.73. The van der Waals surface area contributed by atoms with E-state index in [-0.39, 0.29) is 16.1 Å². The lowest BCUT2D eigenvalue weighted by Gasteiger charge is -2.28. The Morgan fingerprint density at radius 1 is 1.28 bits per heavy atom. The van der Waals surface area contributed by atoms with E-state index >= 15 is 0 Å². The molecule has 1 aromatic rings. The highest BCUT2D eigenvalue weighted by atomic mass is 16.7. The van der Waals surface area contributed by atoms with E-state index in [0.717, 1.165) is 9.91 Å². The number of hydrogen-bond acceptors (Lipinski definition) is 6. The van der Waals surface area contributed by atoms with Gasteiger partial charge in [-0.05, 0) is 32.9 Å². The lowest BCUT2D eigenvalue weighted by atomic mass is 10.1. The largest absolute Gasteiger partial charge is 0.569 e. The van der Waals surface area contributed by atoms with Gasteiger partial charge in [-0.2, -0.15) is 0 Å². The van der Waals surface area contributed by atoms with E-state index in [2.05, 4.69) is 5.28 Å². The van der Waals surface area contributed by atoms with E-state index in [1.165, 1.54) is 12.1 Å².